The third-order valence-electron chi connectivity index (χ3n) is 5.34. The Hall–Kier alpha value is -3.46. The van der Waals surface area contributed by atoms with Gasteiger partial charge in [-0.2, -0.15) is 0 Å². The average Bonchev–Trinajstić information content (AvgIpc) is 2.75. The summed E-state index contributed by atoms with van der Waals surface area (Å²) in [7, 11) is 0. The van der Waals surface area contributed by atoms with Gasteiger partial charge in [-0.05, 0) is 58.2 Å². The van der Waals surface area contributed by atoms with Crippen LogP contribution in [0.4, 0.5) is 10.5 Å². The first-order valence-electron chi connectivity index (χ1n) is 10.7. The SMILES string of the molecule is CC(C)(C)OC(=O)N[C@@]1(c2ccccc2Cl)CCC[C@H](OC(=O)c2ccc([N+](=O)[O-])cc2)C1=O. The number of amides is 1. The molecule has 0 heterocycles. The highest BCUT2D eigenvalue weighted by molar-refractivity contribution is 6.31. The van der Waals surface area contributed by atoms with Crippen LogP contribution in [0.25, 0.3) is 0 Å². The van der Waals surface area contributed by atoms with Gasteiger partial charge in [-0.1, -0.05) is 29.8 Å². The number of nitro benzene ring substituents is 1. The van der Waals surface area contributed by atoms with Gasteiger partial charge in [0.1, 0.15) is 11.1 Å². The lowest BCUT2D eigenvalue weighted by atomic mass is 9.74. The minimum Gasteiger partial charge on any atom is -0.451 e. The highest BCUT2D eigenvalue weighted by Gasteiger charge is 2.50. The minimum atomic E-state index is -1.56. The van der Waals surface area contributed by atoms with Gasteiger partial charge in [-0.3, -0.25) is 14.9 Å². The lowest BCUT2D eigenvalue weighted by molar-refractivity contribution is -0.384. The summed E-state index contributed by atoms with van der Waals surface area (Å²) >= 11 is 6.41. The van der Waals surface area contributed by atoms with Gasteiger partial charge in [0.2, 0.25) is 5.78 Å². The van der Waals surface area contributed by atoms with Crippen LogP contribution in [0, 0.1) is 10.1 Å². The molecule has 3 rings (SSSR count). The van der Waals surface area contributed by atoms with Crippen LogP contribution in [-0.4, -0.2) is 34.5 Å². The molecule has 10 heteroatoms. The molecule has 0 aliphatic heterocycles. The Morgan fingerprint density at radius 2 is 1.79 bits per heavy atom. The maximum Gasteiger partial charge on any atom is 0.408 e. The number of benzene rings is 2. The molecule has 34 heavy (non-hydrogen) atoms. The van der Waals surface area contributed by atoms with E-state index in [4.69, 9.17) is 21.1 Å². The Balaban J connectivity index is 1.90. The molecule has 0 bridgehead atoms. The molecule has 1 fully saturated rings. The van der Waals surface area contributed by atoms with Gasteiger partial charge < -0.3 is 14.8 Å². The number of ketones is 1. The summed E-state index contributed by atoms with van der Waals surface area (Å²) in [6, 6.07) is 11.5. The zero-order chi connectivity index (χ0) is 25.1. The van der Waals surface area contributed by atoms with E-state index in [-0.39, 0.29) is 29.1 Å². The number of nitrogens with zero attached hydrogens (tertiary/aromatic N) is 1. The van der Waals surface area contributed by atoms with Crippen LogP contribution < -0.4 is 5.32 Å². The third-order valence-corrected chi connectivity index (χ3v) is 5.67. The lowest BCUT2D eigenvalue weighted by Gasteiger charge is -2.40. The summed E-state index contributed by atoms with van der Waals surface area (Å²) in [6.07, 6.45) is -1.03. The first kappa shape index (κ1) is 25.2. The number of ether oxygens (including phenoxy) is 2. The smallest absolute Gasteiger partial charge is 0.408 e. The fraction of sp³-hybridized carbons (Fsp3) is 0.375. The van der Waals surface area contributed by atoms with Crippen molar-refractivity contribution < 1.29 is 28.8 Å². The quantitative estimate of drug-likeness (QED) is 0.358. The molecule has 1 saturated carbocycles. The van der Waals surface area contributed by atoms with Crippen LogP contribution in [0.2, 0.25) is 5.02 Å². The molecule has 0 radical (unpaired) electrons. The first-order valence-corrected chi connectivity index (χ1v) is 11.1. The number of alkyl carbamates (subject to hydrolysis) is 1. The molecular weight excluding hydrogens is 464 g/mol. The van der Waals surface area contributed by atoms with E-state index in [1.54, 1.807) is 45.0 Å². The van der Waals surface area contributed by atoms with Crippen molar-refractivity contribution in [3.05, 3.63) is 74.8 Å². The van der Waals surface area contributed by atoms with Crippen molar-refractivity contribution in [2.45, 2.75) is 57.3 Å². The minimum absolute atomic E-state index is 0.0624. The normalized spacial score (nSPS) is 20.4. The Morgan fingerprint density at radius 3 is 2.38 bits per heavy atom. The van der Waals surface area contributed by atoms with Crippen molar-refractivity contribution >= 4 is 35.1 Å². The fourth-order valence-corrected chi connectivity index (χ4v) is 4.15. The molecule has 1 amide bonds. The van der Waals surface area contributed by atoms with Crippen molar-refractivity contribution in [3.8, 4) is 0 Å². The Bertz CT molecular complexity index is 1110. The van der Waals surface area contributed by atoms with Gasteiger partial charge in [-0.15, -0.1) is 0 Å². The van der Waals surface area contributed by atoms with E-state index >= 15 is 0 Å². The molecule has 2 atom stereocenters. The number of halogens is 1. The van der Waals surface area contributed by atoms with Gasteiger partial charge in [-0.25, -0.2) is 9.59 Å². The first-order chi connectivity index (χ1) is 15.9. The molecule has 1 aliphatic rings. The second-order valence-corrected chi connectivity index (χ2v) is 9.37. The average molecular weight is 489 g/mol. The van der Waals surface area contributed by atoms with Gasteiger partial charge in [0.25, 0.3) is 5.69 Å². The molecule has 180 valence electrons. The molecule has 0 spiro atoms. The summed E-state index contributed by atoms with van der Waals surface area (Å²) in [5.41, 5.74) is -2.09. The van der Waals surface area contributed by atoms with E-state index in [0.717, 1.165) is 0 Å². The maximum atomic E-state index is 13.7. The molecule has 0 unspecified atom stereocenters. The Labute approximate surface area is 201 Å². The van der Waals surface area contributed by atoms with Crippen LogP contribution in [-0.2, 0) is 19.8 Å². The number of non-ortho nitro benzene ring substituents is 1. The molecular formula is C24H25ClN2O7. The number of rotatable bonds is 5. The van der Waals surface area contributed by atoms with Crippen molar-refractivity contribution in [1.82, 2.24) is 5.32 Å². The Kier molecular flexibility index (Phi) is 7.26. The van der Waals surface area contributed by atoms with Crippen molar-refractivity contribution in [1.29, 1.82) is 0 Å². The summed E-state index contributed by atoms with van der Waals surface area (Å²) in [4.78, 5) is 49.4. The van der Waals surface area contributed by atoms with Gasteiger partial charge in [0, 0.05) is 22.7 Å². The van der Waals surface area contributed by atoms with E-state index in [9.17, 15) is 24.5 Å². The fourth-order valence-electron chi connectivity index (χ4n) is 3.85. The highest BCUT2D eigenvalue weighted by atomic mass is 35.5. The Morgan fingerprint density at radius 1 is 1.15 bits per heavy atom. The van der Waals surface area contributed by atoms with Gasteiger partial charge >= 0.3 is 12.1 Å². The highest BCUT2D eigenvalue weighted by Crippen LogP contribution is 2.39. The molecule has 0 aromatic heterocycles. The maximum absolute atomic E-state index is 13.7. The molecule has 1 aliphatic carbocycles. The largest absolute Gasteiger partial charge is 0.451 e. The summed E-state index contributed by atoms with van der Waals surface area (Å²) in [6.45, 7) is 5.10. The van der Waals surface area contributed by atoms with Gasteiger partial charge in [0.15, 0.2) is 6.10 Å². The number of nitrogens with one attached hydrogen (secondary N) is 1. The lowest BCUT2D eigenvalue weighted by Crippen LogP contribution is -2.58. The molecule has 0 saturated heterocycles. The second kappa shape index (κ2) is 9.80. The predicted molar refractivity (Wildman–Crippen MR) is 124 cm³/mol. The number of carbonyl (C=O) groups is 3. The van der Waals surface area contributed by atoms with Crippen LogP contribution in [0.1, 0.15) is 56.0 Å². The number of esters is 1. The third kappa shape index (κ3) is 5.53. The van der Waals surface area contributed by atoms with E-state index < -0.39 is 40.0 Å². The number of Topliss-reactive ketones (excluding diaryl/α,β-unsaturated/α-hetero) is 1. The monoisotopic (exact) mass is 488 g/mol. The number of hydrogen-bond donors (Lipinski definition) is 1. The number of nitro groups is 1. The molecule has 2 aromatic rings. The van der Waals surface area contributed by atoms with Crippen LogP contribution >= 0.6 is 11.6 Å². The summed E-state index contributed by atoms with van der Waals surface area (Å²) < 4.78 is 10.9. The molecule has 1 N–H and O–H groups in total. The van der Waals surface area contributed by atoms with Crippen LogP contribution in [0.15, 0.2) is 48.5 Å². The van der Waals surface area contributed by atoms with E-state index in [1.807, 2.05) is 0 Å². The molecule has 2 aromatic carbocycles. The predicted octanol–water partition coefficient (Wildman–Crippen LogP) is 4.95. The van der Waals surface area contributed by atoms with Gasteiger partial charge in [0.05, 0.1) is 10.5 Å². The van der Waals surface area contributed by atoms with E-state index in [0.29, 0.717) is 12.0 Å². The standard InChI is InChI=1S/C24H25ClN2O7/c1-23(2,3)34-22(30)26-24(17-7-4-5-8-18(17)25)14-6-9-19(20(24)28)33-21(29)15-10-12-16(13-11-15)27(31)32/h4-5,7-8,10-13,19H,6,9,14H2,1-3H3,(H,26,30)/t19-,24+/m0/s1. The zero-order valence-electron chi connectivity index (χ0n) is 19.0. The van der Waals surface area contributed by atoms with E-state index in [2.05, 4.69) is 5.32 Å². The zero-order valence-corrected chi connectivity index (χ0v) is 19.8. The molecule has 9 nitrogen and oxygen atoms in total. The van der Waals surface area contributed by atoms with Crippen LogP contribution in [0.5, 0.6) is 0 Å². The summed E-state index contributed by atoms with van der Waals surface area (Å²) in [5, 5.41) is 13.8. The topological polar surface area (TPSA) is 125 Å². The number of hydrogen-bond acceptors (Lipinski definition) is 7. The summed E-state index contributed by atoms with van der Waals surface area (Å²) in [5.74, 6) is -1.34. The van der Waals surface area contributed by atoms with Crippen LogP contribution in [0.3, 0.4) is 0 Å². The van der Waals surface area contributed by atoms with Crippen molar-refractivity contribution in [2.75, 3.05) is 0 Å². The van der Waals surface area contributed by atoms with E-state index in [1.165, 1.54) is 24.3 Å². The van der Waals surface area contributed by atoms with Crippen molar-refractivity contribution in [2.24, 2.45) is 0 Å². The number of carbonyl (C=O) groups excluding carboxylic acids is 3. The van der Waals surface area contributed by atoms with Crippen molar-refractivity contribution in [3.63, 3.8) is 0 Å². The second-order valence-electron chi connectivity index (χ2n) is 8.97.